The van der Waals surface area contributed by atoms with E-state index < -0.39 is 17.3 Å². The fourth-order valence-electron chi connectivity index (χ4n) is 4.34. The molecule has 0 aromatic heterocycles. The molecule has 0 saturated heterocycles. The van der Waals surface area contributed by atoms with E-state index in [-0.39, 0.29) is 17.8 Å². The topological polar surface area (TPSA) is 60.7 Å². The Hall–Kier alpha value is -0.120. The minimum Gasteiger partial charge on any atom is -0.392 e. The zero-order valence-corrected chi connectivity index (χ0v) is 12.1. The molecule has 0 amide bonds. The SMILES string of the molecule is CC(C)[C@@H]1CC[C@](C)(O)[C@@H]2CC[C@](C)(O)[C@H]2[C@@H]1O. The van der Waals surface area contributed by atoms with Crippen molar-refractivity contribution in [1.29, 1.82) is 0 Å². The van der Waals surface area contributed by atoms with Crippen LogP contribution < -0.4 is 0 Å². The van der Waals surface area contributed by atoms with Crippen LogP contribution in [0.15, 0.2) is 0 Å². The summed E-state index contributed by atoms with van der Waals surface area (Å²) in [5.41, 5.74) is -1.60. The van der Waals surface area contributed by atoms with E-state index in [9.17, 15) is 15.3 Å². The predicted octanol–water partition coefficient (Wildman–Crippen LogP) is 1.94. The van der Waals surface area contributed by atoms with Crippen LogP contribution in [0, 0.1) is 23.7 Å². The molecule has 0 aliphatic heterocycles. The molecule has 0 spiro atoms. The van der Waals surface area contributed by atoms with E-state index >= 15 is 0 Å². The summed E-state index contributed by atoms with van der Waals surface area (Å²) >= 11 is 0. The van der Waals surface area contributed by atoms with Crippen molar-refractivity contribution in [1.82, 2.24) is 0 Å². The van der Waals surface area contributed by atoms with Crippen molar-refractivity contribution in [3.05, 3.63) is 0 Å². The van der Waals surface area contributed by atoms with Crippen LogP contribution >= 0.6 is 0 Å². The Morgan fingerprint density at radius 2 is 1.56 bits per heavy atom. The Morgan fingerprint density at radius 3 is 2.11 bits per heavy atom. The second-order valence-corrected chi connectivity index (χ2v) is 7.32. The van der Waals surface area contributed by atoms with Crippen LogP contribution in [-0.4, -0.2) is 32.6 Å². The Morgan fingerprint density at radius 1 is 1.00 bits per heavy atom. The molecule has 18 heavy (non-hydrogen) atoms. The fraction of sp³-hybridized carbons (Fsp3) is 1.00. The van der Waals surface area contributed by atoms with Gasteiger partial charge in [-0.1, -0.05) is 13.8 Å². The van der Waals surface area contributed by atoms with Crippen LogP contribution in [0.2, 0.25) is 0 Å². The monoisotopic (exact) mass is 256 g/mol. The van der Waals surface area contributed by atoms with Gasteiger partial charge in [-0.15, -0.1) is 0 Å². The van der Waals surface area contributed by atoms with E-state index in [0.717, 1.165) is 19.3 Å². The average molecular weight is 256 g/mol. The number of fused-ring (bicyclic) bond motifs is 1. The van der Waals surface area contributed by atoms with Crippen LogP contribution in [0.25, 0.3) is 0 Å². The largest absolute Gasteiger partial charge is 0.392 e. The van der Waals surface area contributed by atoms with Gasteiger partial charge in [-0.2, -0.15) is 0 Å². The van der Waals surface area contributed by atoms with E-state index in [1.54, 1.807) is 0 Å². The highest BCUT2D eigenvalue weighted by Gasteiger charge is 2.56. The molecule has 106 valence electrons. The first-order chi connectivity index (χ1) is 8.17. The molecule has 3 heteroatoms. The fourth-order valence-corrected chi connectivity index (χ4v) is 4.34. The number of hydrogen-bond acceptors (Lipinski definition) is 3. The molecule has 0 radical (unpaired) electrons. The summed E-state index contributed by atoms with van der Waals surface area (Å²) < 4.78 is 0. The van der Waals surface area contributed by atoms with Crippen LogP contribution in [0.3, 0.4) is 0 Å². The Kier molecular flexibility index (Phi) is 3.54. The van der Waals surface area contributed by atoms with Crippen LogP contribution in [-0.2, 0) is 0 Å². The third kappa shape index (κ3) is 2.21. The molecule has 0 unspecified atom stereocenters. The summed E-state index contributed by atoms with van der Waals surface area (Å²) in [5, 5.41) is 31.9. The third-order valence-corrected chi connectivity index (χ3v) is 5.56. The molecule has 0 bridgehead atoms. The summed E-state index contributed by atoms with van der Waals surface area (Å²) in [7, 11) is 0. The number of hydrogen-bond donors (Lipinski definition) is 3. The van der Waals surface area contributed by atoms with E-state index in [0.29, 0.717) is 12.3 Å². The summed E-state index contributed by atoms with van der Waals surface area (Å²) in [4.78, 5) is 0. The van der Waals surface area contributed by atoms with Gasteiger partial charge in [-0.05, 0) is 57.3 Å². The van der Waals surface area contributed by atoms with Crippen molar-refractivity contribution in [2.24, 2.45) is 23.7 Å². The van der Waals surface area contributed by atoms with Gasteiger partial charge < -0.3 is 15.3 Å². The molecular formula is C15H28O3. The first kappa shape index (κ1) is 14.3. The highest BCUT2D eigenvalue weighted by Crippen LogP contribution is 2.52. The molecule has 3 N–H and O–H groups in total. The van der Waals surface area contributed by atoms with E-state index in [2.05, 4.69) is 13.8 Å². The Labute approximate surface area is 110 Å². The number of rotatable bonds is 1. The maximum atomic E-state index is 10.7. The van der Waals surface area contributed by atoms with Crippen molar-refractivity contribution < 1.29 is 15.3 Å². The summed E-state index contributed by atoms with van der Waals surface area (Å²) in [6.07, 6.45) is 2.56. The van der Waals surface area contributed by atoms with Gasteiger partial charge in [-0.25, -0.2) is 0 Å². The molecule has 2 saturated carbocycles. The molecule has 0 heterocycles. The molecule has 2 fully saturated rings. The Bertz CT molecular complexity index is 309. The van der Waals surface area contributed by atoms with Crippen molar-refractivity contribution in [3.8, 4) is 0 Å². The maximum Gasteiger partial charge on any atom is 0.0676 e. The summed E-state index contributed by atoms with van der Waals surface area (Å²) in [6, 6.07) is 0. The van der Waals surface area contributed by atoms with Gasteiger partial charge in [0.05, 0.1) is 17.3 Å². The van der Waals surface area contributed by atoms with Gasteiger partial charge in [0.1, 0.15) is 0 Å². The summed E-state index contributed by atoms with van der Waals surface area (Å²) in [6.45, 7) is 7.93. The second kappa shape index (κ2) is 4.46. The molecule has 0 aromatic carbocycles. The van der Waals surface area contributed by atoms with Crippen molar-refractivity contribution >= 4 is 0 Å². The zero-order chi connectivity index (χ0) is 13.7. The van der Waals surface area contributed by atoms with Gasteiger partial charge in [0.25, 0.3) is 0 Å². The molecule has 2 rings (SSSR count). The lowest BCUT2D eigenvalue weighted by Gasteiger charge is -2.39. The van der Waals surface area contributed by atoms with E-state index in [1.807, 2.05) is 13.8 Å². The van der Waals surface area contributed by atoms with Gasteiger partial charge in [-0.3, -0.25) is 0 Å². The molecule has 2 aliphatic carbocycles. The summed E-state index contributed by atoms with van der Waals surface area (Å²) in [5.74, 6) is 0.385. The quantitative estimate of drug-likeness (QED) is 0.672. The lowest BCUT2D eigenvalue weighted by molar-refractivity contribution is -0.101. The highest BCUT2D eigenvalue weighted by atomic mass is 16.3. The van der Waals surface area contributed by atoms with Crippen molar-refractivity contribution in [3.63, 3.8) is 0 Å². The number of aliphatic hydroxyl groups is 3. The van der Waals surface area contributed by atoms with Crippen LogP contribution in [0.1, 0.15) is 53.4 Å². The molecule has 3 nitrogen and oxygen atoms in total. The lowest BCUT2D eigenvalue weighted by Crippen LogP contribution is -2.47. The van der Waals surface area contributed by atoms with Gasteiger partial charge >= 0.3 is 0 Å². The first-order valence-corrected chi connectivity index (χ1v) is 7.29. The minimum atomic E-state index is -0.842. The second-order valence-electron chi connectivity index (χ2n) is 7.32. The normalized spacial score (nSPS) is 53.3. The van der Waals surface area contributed by atoms with Crippen molar-refractivity contribution in [2.45, 2.75) is 70.7 Å². The molecular weight excluding hydrogens is 228 g/mol. The van der Waals surface area contributed by atoms with Crippen molar-refractivity contribution in [2.75, 3.05) is 0 Å². The lowest BCUT2D eigenvalue weighted by atomic mass is 9.73. The van der Waals surface area contributed by atoms with Crippen LogP contribution in [0.4, 0.5) is 0 Å². The van der Waals surface area contributed by atoms with Gasteiger partial charge in [0, 0.05) is 5.92 Å². The zero-order valence-electron chi connectivity index (χ0n) is 12.1. The predicted molar refractivity (Wildman–Crippen MR) is 71.0 cm³/mol. The smallest absolute Gasteiger partial charge is 0.0676 e. The molecule has 6 atom stereocenters. The molecule has 2 aliphatic rings. The minimum absolute atomic E-state index is 0.0197. The molecule has 0 aromatic rings. The van der Waals surface area contributed by atoms with Gasteiger partial charge in [0.15, 0.2) is 0 Å². The third-order valence-electron chi connectivity index (χ3n) is 5.56. The van der Waals surface area contributed by atoms with Crippen LogP contribution in [0.5, 0.6) is 0 Å². The average Bonchev–Trinajstić information content (AvgIpc) is 2.48. The van der Waals surface area contributed by atoms with Gasteiger partial charge in [0.2, 0.25) is 0 Å². The van der Waals surface area contributed by atoms with E-state index in [1.165, 1.54) is 0 Å². The van der Waals surface area contributed by atoms with E-state index in [4.69, 9.17) is 0 Å². The highest BCUT2D eigenvalue weighted by molar-refractivity contribution is 5.07. The Balaban J connectivity index is 2.36. The first-order valence-electron chi connectivity index (χ1n) is 7.29. The number of aliphatic hydroxyl groups excluding tert-OH is 1. The maximum absolute atomic E-state index is 10.7. The standard InChI is InChI=1S/C15H28O3/c1-9(2)10-5-7-14(3,17)11-6-8-15(4,18)12(11)13(10)16/h9-13,16-18H,5-8H2,1-4H3/t10-,11+,12+,13+,14-,15-/m0/s1.